The molecule has 29 heavy (non-hydrogen) atoms. The first-order chi connectivity index (χ1) is 13.7. The minimum atomic E-state index is -0.270. The third-order valence-electron chi connectivity index (χ3n) is 6.08. The number of benzene rings is 1. The Morgan fingerprint density at radius 1 is 1.17 bits per heavy atom. The van der Waals surface area contributed by atoms with Gasteiger partial charge in [0.2, 0.25) is 5.91 Å². The fourth-order valence-electron chi connectivity index (χ4n) is 4.03. The summed E-state index contributed by atoms with van der Waals surface area (Å²) in [6.07, 6.45) is 2.02. The van der Waals surface area contributed by atoms with Crippen molar-refractivity contribution in [2.24, 2.45) is 0 Å². The third-order valence-corrected chi connectivity index (χ3v) is 6.08. The lowest BCUT2D eigenvalue weighted by Gasteiger charge is -2.40. The van der Waals surface area contributed by atoms with E-state index in [0.29, 0.717) is 0 Å². The molecule has 0 saturated carbocycles. The van der Waals surface area contributed by atoms with Crippen LogP contribution in [0, 0.1) is 0 Å². The lowest BCUT2D eigenvalue weighted by atomic mass is 9.70. The zero-order valence-corrected chi connectivity index (χ0v) is 18.6. The summed E-state index contributed by atoms with van der Waals surface area (Å²) in [7, 11) is 3.97. The summed E-state index contributed by atoms with van der Waals surface area (Å²) in [5.41, 5.74) is 1.96. The molecule has 1 aromatic carbocycles. The highest BCUT2D eigenvalue weighted by Crippen LogP contribution is 2.42. The van der Waals surface area contributed by atoms with Crippen molar-refractivity contribution >= 4 is 11.7 Å². The van der Waals surface area contributed by atoms with Crippen molar-refractivity contribution in [1.29, 1.82) is 0 Å². The first-order valence-corrected chi connectivity index (χ1v) is 10.5. The Hall–Kier alpha value is -2.18. The van der Waals surface area contributed by atoms with Crippen LogP contribution in [-0.2, 0) is 15.7 Å². The molecule has 1 saturated heterocycles. The maximum Gasteiger partial charge on any atom is 0.242 e. The first kappa shape index (κ1) is 21.5. The molecule has 1 aliphatic heterocycles. The van der Waals surface area contributed by atoms with Crippen LogP contribution in [0.3, 0.4) is 0 Å². The molecule has 1 fully saturated rings. The number of likely N-dealkylation sites (N-methyl/N-ethyl adjacent to an activating group) is 1. The molecular weight excluding hydrogens is 362 g/mol. The van der Waals surface area contributed by atoms with Crippen LogP contribution in [0.4, 0.5) is 5.82 Å². The smallest absolute Gasteiger partial charge is 0.242 e. The summed E-state index contributed by atoms with van der Waals surface area (Å²) < 4.78 is 1.96. The van der Waals surface area contributed by atoms with Crippen molar-refractivity contribution in [3.05, 3.63) is 47.7 Å². The number of carbonyl (C=O) groups excluding carboxylic acids is 1. The van der Waals surface area contributed by atoms with Gasteiger partial charge in [0.1, 0.15) is 5.82 Å². The fourth-order valence-corrected chi connectivity index (χ4v) is 4.03. The molecule has 2 heterocycles. The molecule has 0 radical (unpaired) electrons. The number of nitrogens with zero attached hydrogens (tertiary/aromatic N) is 3. The van der Waals surface area contributed by atoms with Crippen molar-refractivity contribution < 1.29 is 4.79 Å². The van der Waals surface area contributed by atoms with E-state index >= 15 is 0 Å². The highest BCUT2D eigenvalue weighted by atomic mass is 16.2. The number of aromatic nitrogens is 2. The van der Waals surface area contributed by atoms with Gasteiger partial charge in [-0.25, -0.2) is 4.68 Å². The number of rotatable bonds is 5. The molecule has 2 aromatic rings. The molecule has 0 aliphatic carbocycles. The monoisotopic (exact) mass is 397 g/mol. The Kier molecular flexibility index (Phi) is 6.15. The SMILES string of the molecule is CN[C@@H](C)C(=O)Nc1cc(C2(c3ccccc3)CCN(C)CC2)nn1C(C)(C)C. The number of carbonyl (C=O) groups is 1. The van der Waals surface area contributed by atoms with Gasteiger partial charge in [-0.1, -0.05) is 30.3 Å². The molecule has 6 nitrogen and oxygen atoms in total. The molecule has 3 rings (SSSR count). The average Bonchev–Trinajstić information content (AvgIpc) is 3.13. The van der Waals surface area contributed by atoms with Crippen LogP contribution in [0.15, 0.2) is 36.4 Å². The second kappa shape index (κ2) is 8.28. The zero-order chi connectivity index (χ0) is 21.2. The summed E-state index contributed by atoms with van der Waals surface area (Å²) in [5.74, 6) is 0.704. The number of anilines is 1. The normalized spacial score (nSPS) is 18.4. The summed E-state index contributed by atoms with van der Waals surface area (Å²) in [6.45, 7) is 10.3. The van der Waals surface area contributed by atoms with E-state index in [0.717, 1.165) is 37.4 Å². The van der Waals surface area contributed by atoms with Crippen LogP contribution in [-0.4, -0.2) is 53.8 Å². The van der Waals surface area contributed by atoms with Gasteiger partial charge >= 0.3 is 0 Å². The van der Waals surface area contributed by atoms with Gasteiger partial charge in [-0.2, -0.15) is 5.10 Å². The second-order valence-electron chi connectivity index (χ2n) is 9.25. The quantitative estimate of drug-likeness (QED) is 0.813. The predicted octanol–water partition coefficient (Wildman–Crippen LogP) is 3.20. The molecule has 1 aromatic heterocycles. The van der Waals surface area contributed by atoms with Gasteiger partial charge in [0.15, 0.2) is 0 Å². The largest absolute Gasteiger partial charge is 0.310 e. The molecule has 1 aliphatic rings. The Morgan fingerprint density at radius 3 is 2.34 bits per heavy atom. The van der Waals surface area contributed by atoms with Crippen molar-refractivity contribution in [2.75, 3.05) is 32.5 Å². The third kappa shape index (κ3) is 4.38. The fraction of sp³-hybridized carbons (Fsp3) is 0.565. The second-order valence-corrected chi connectivity index (χ2v) is 9.25. The van der Waals surface area contributed by atoms with Crippen LogP contribution in [0.2, 0.25) is 0 Å². The summed E-state index contributed by atoms with van der Waals surface area (Å²) >= 11 is 0. The Labute approximate surface area is 174 Å². The maximum atomic E-state index is 12.6. The van der Waals surface area contributed by atoms with Gasteiger partial charge in [-0.05, 0) is 73.3 Å². The Morgan fingerprint density at radius 2 is 1.79 bits per heavy atom. The van der Waals surface area contributed by atoms with Crippen molar-refractivity contribution in [3.8, 4) is 0 Å². The minimum absolute atomic E-state index is 0.0541. The molecule has 1 amide bonds. The summed E-state index contributed by atoms with van der Waals surface area (Å²) in [6, 6.07) is 12.5. The van der Waals surface area contributed by atoms with Gasteiger partial charge in [0, 0.05) is 11.5 Å². The van der Waals surface area contributed by atoms with Gasteiger partial charge in [-0.15, -0.1) is 0 Å². The molecule has 0 bridgehead atoms. The lowest BCUT2D eigenvalue weighted by molar-refractivity contribution is -0.117. The van der Waals surface area contributed by atoms with Crippen molar-refractivity contribution in [3.63, 3.8) is 0 Å². The van der Waals surface area contributed by atoms with Crippen LogP contribution < -0.4 is 10.6 Å². The molecule has 1 atom stereocenters. The highest BCUT2D eigenvalue weighted by Gasteiger charge is 2.40. The number of hydrogen-bond acceptors (Lipinski definition) is 4. The van der Waals surface area contributed by atoms with E-state index in [2.05, 4.69) is 79.8 Å². The van der Waals surface area contributed by atoms with Crippen LogP contribution in [0.25, 0.3) is 0 Å². The number of piperidine rings is 1. The van der Waals surface area contributed by atoms with Gasteiger partial charge < -0.3 is 15.5 Å². The Bertz CT molecular complexity index is 829. The van der Waals surface area contributed by atoms with E-state index in [9.17, 15) is 4.79 Å². The maximum absolute atomic E-state index is 12.6. The Balaban J connectivity index is 2.08. The standard InChI is InChI=1S/C23H35N5O/c1-17(24-5)21(29)25-20-16-19(26-28(20)22(2,3)4)23(12-14-27(6)15-13-23)18-10-8-7-9-11-18/h7-11,16-17,24H,12-15H2,1-6H3,(H,25,29)/t17-/m0/s1. The van der Waals surface area contributed by atoms with Gasteiger partial charge in [-0.3, -0.25) is 4.79 Å². The molecule has 2 N–H and O–H groups in total. The van der Waals surface area contributed by atoms with E-state index in [1.807, 2.05) is 11.6 Å². The molecular formula is C23H35N5O. The lowest BCUT2D eigenvalue weighted by Crippen LogP contribution is -2.42. The zero-order valence-electron chi connectivity index (χ0n) is 18.6. The molecule has 0 spiro atoms. The van der Waals surface area contributed by atoms with E-state index in [-0.39, 0.29) is 22.9 Å². The van der Waals surface area contributed by atoms with E-state index in [1.54, 1.807) is 7.05 Å². The van der Waals surface area contributed by atoms with Crippen LogP contribution >= 0.6 is 0 Å². The van der Waals surface area contributed by atoms with E-state index in [4.69, 9.17) is 5.10 Å². The number of likely N-dealkylation sites (tertiary alicyclic amines) is 1. The number of nitrogens with one attached hydrogen (secondary N) is 2. The summed E-state index contributed by atoms with van der Waals surface area (Å²) in [5, 5.41) is 11.2. The number of hydrogen-bond donors (Lipinski definition) is 2. The minimum Gasteiger partial charge on any atom is -0.310 e. The van der Waals surface area contributed by atoms with Crippen LogP contribution in [0.1, 0.15) is 51.8 Å². The molecule has 0 unspecified atom stereocenters. The van der Waals surface area contributed by atoms with Crippen LogP contribution in [0.5, 0.6) is 0 Å². The highest BCUT2D eigenvalue weighted by molar-refractivity contribution is 5.94. The van der Waals surface area contributed by atoms with Crippen molar-refractivity contribution in [2.45, 2.75) is 57.5 Å². The van der Waals surface area contributed by atoms with E-state index < -0.39 is 0 Å². The molecule has 6 heteroatoms. The molecule has 158 valence electrons. The summed E-state index contributed by atoms with van der Waals surface area (Å²) in [4.78, 5) is 15.0. The van der Waals surface area contributed by atoms with Crippen molar-refractivity contribution in [1.82, 2.24) is 20.0 Å². The number of amides is 1. The predicted molar refractivity (Wildman–Crippen MR) is 118 cm³/mol. The van der Waals surface area contributed by atoms with E-state index in [1.165, 1.54) is 5.56 Å². The van der Waals surface area contributed by atoms with Gasteiger partial charge in [0.25, 0.3) is 0 Å². The van der Waals surface area contributed by atoms with Gasteiger partial charge in [0.05, 0.1) is 17.3 Å². The topological polar surface area (TPSA) is 62.2 Å². The average molecular weight is 398 g/mol. The first-order valence-electron chi connectivity index (χ1n) is 10.5.